The second-order valence-electron chi connectivity index (χ2n) is 5.89. The van der Waals surface area contributed by atoms with Crippen LogP contribution in [0.4, 0.5) is 5.13 Å². The van der Waals surface area contributed by atoms with Crippen LogP contribution in [-0.4, -0.2) is 44.8 Å². The second-order valence-corrected chi connectivity index (χ2v) is 8.09. The monoisotopic (exact) mass is 373 g/mol. The summed E-state index contributed by atoms with van der Waals surface area (Å²) in [5.74, 6) is 0.555. The van der Waals surface area contributed by atoms with Crippen LogP contribution in [-0.2, 0) is 17.8 Å². The number of nitrogens with one attached hydrogen (secondary N) is 2. The smallest absolute Gasteiger partial charge is 0.233 e. The maximum Gasteiger partial charge on any atom is 0.233 e. The number of para-hydroxylation sites is 1. The number of nitrogens with zero attached hydrogens (tertiary/aromatic N) is 3. The lowest BCUT2D eigenvalue weighted by molar-refractivity contribution is -0.129. The van der Waals surface area contributed by atoms with E-state index in [1.807, 2.05) is 24.0 Å². The molecule has 0 atom stereocenters. The molecule has 1 amide bonds. The van der Waals surface area contributed by atoms with Gasteiger partial charge in [-0.2, -0.15) is 0 Å². The van der Waals surface area contributed by atoms with Crippen LogP contribution < -0.4 is 5.32 Å². The van der Waals surface area contributed by atoms with Crippen molar-refractivity contribution in [3.05, 3.63) is 35.5 Å². The summed E-state index contributed by atoms with van der Waals surface area (Å²) in [5, 5.41) is 13.3. The summed E-state index contributed by atoms with van der Waals surface area (Å²) < 4.78 is 0.828. The van der Waals surface area contributed by atoms with Gasteiger partial charge >= 0.3 is 0 Å². The van der Waals surface area contributed by atoms with Gasteiger partial charge in [-0.25, -0.2) is 0 Å². The Morgan fingerprint density at radius 3 is 3.16 bits per heavy atom. The summed E-state index contributed by atoms with van der Waals surface area (Å²) in [4.78, 5) is 18.0. The average molecular weight is 374 g/mol. The second kappa shape index (κ2) is 7.05. The number of fused-ring (bicyclic) bond motifs is 3. The van der Waals surface area contributed by atoms with Crippen LogP contribution in [0.25, 0.3) is 10.9 Å². The average Bonchev–Trinajstić information content (AvgIpc) is 3.23. The molecule has 2 aromatic heterocycles. The number of aromatic amines is 1. The van der Waals surface area contributed by atoms with Gasteiger partial charge in [0.2, 0.25) is 11.0 Å². The molecule has 0 unspecified atom stereocenters. The van der Waals surface area contributed by atoms with Crippen molar-refractivity contribution in [2.75, 3.05) is 24.2 Å². The fourth-order valence-electron chi connectivity index (χ4n) is 3.08. The highest BCUT2D eigenvalue weighted by atomic mass is 32.2. The first-order chi connectivity index (χ1) is 12.2. The molecule has 0 saturated carbocycles. The van der Waals surface area contributed by atoms with Gasteiger partial charge in [0, 0.05) is 48.2 Å². The van der Waals surface area contributed by atoms with E-state index in [4.69, 9.17) is 0 Å². The lowest BCUT2D eigenvalue weighted by Crippen LogP contribution is -2.36. The predicted molar refractivity (Wildman–Crippen MR) is 102 cm³/mol. The summed E-state index contributed by atoms with van der Waals surface area (Å²) in [6.45, 7) is 4.28. The Balaban J connectivity index is 1.41. The van der Waals surface area contributed by atoms with E-state index < -0.39 is 0 Å². The molecule has 3 aromatic rings. The van der Waals surface area contributed by atoms with Crippen molar-refractivity contribution in [2.24, 2.45) is 0 Å². The predicted octanol–water partition coefficient (Wildman–Crippen LogP) is 3.13. The first-order valence-electron chi connectivity index (χ1n) is 8.31. The minimum atomic E-state index is 0.154. The Bertz CT molecular complexity index is 903. The molecule has 1 aromatic carbocycles. The highest BCUT2D eigenvalue weighted by molar-refractivity contribution is 8.01. The SMILES string of the molecule is CCNc1nnc(SCC(=O)N2CCc3[nH]c4ccccc4c3C2)s1. The lowest BCUT2D eigenvalue weighted by atomic mass is 10.0. The molecule has 1 aliphatic rings. The molecule has 0 bridgehead atoms. The third-order valence-electron chi connectivity index (χ3n) is 4.29. The number of anilines is 1. The van der Waals surface area contributed by atoms with Crippen molar-refractivity contribution < 1.29 is 4.79 Å². The van der Waals surface area contributed by atoms with E-state index in [1.165, 1.54) is 39.7 Å². The third kappa shape index (κ3) is 3.36. The fraction of sp³-hybridized carbons (Fsp3) is 0.353. The van der Waals surface area contributed by atoms with E-state index in [9.17, 15) is 4.79 Å². The number of carbonyl (C=O) groups is 1. The molecule has 0 fully saturated rings. The molecular weight excluding hydrogens is 354 g/mol. The van der Waals surface area contributed by atoms with Gasteiger partial charge in [0.15, 0.2) is 4.34 Å². The van der Waals surface area contributed by atoms with Crippen molar-refractivity contribution in [3.63, 3.8) is 0 Å². The van der Waals surface area contributed by atoms with Gasteiger partial charge in [-0.05, 0) is 13.0 Å². The molecular formula is C17H19N5OS2. The highest BCUT2D eigenvalue weighted by Crippen LogP contribution is 2.29. The van der Waals surface area contributed by atoms with Gasteiger partial charge in [-0.15, -0.1) is 10.2 Å². The molecule has 3 heterocycles. The third-order valence-corrected chi connectivity index (χ3v) is 6.29. The number of hydrogen-bond donors (Lipinski definition) is 2. The van der Waals surface area contributed by atoms with Crippen molar-refractivity contribution >= 4 is 45.0 Å². The molecule has 0 saturated heterocycles. The molecule has 130 valence electrons. The summed E-state index contributed by atoms with van der Waals surface area (Å²) in [7, 11) is 0. The normalized spacial score (nSPS) is 13.9. The standard InChI is InChI=1S/C17H19N5OS2/c1-2-18-16-20-21-17(25-16)24-10-15(23)22-8-7-14-12(9-22)11-5-3-4-6-13(11)19-14/h3-6,19H,2,7-10H2,1H3,(H,18,20). The number of thioether (sulfide) groups is 1. The summed E-state index contributed by atoms with van der Waals surface area (Å²) >= 11 is 2.95. The molecule has 0 spiro atoms. The van der Waals surface area contributed by atoms with Crippen molar-refractivity contribution in [3.8, 4) is 0 Å². The molecule has 1 aliphatic heterocycles. The van der Waals surface area contributed by atoms with Gasteiger partial charge in [0.05, 0.1) is 5.75 Å². The summed E-state index contributed by atoms with van der Waals surface area (Å²) in [6, 6.07) is 8.29. The van der Waals surface area contributed by atoms with Gasteiger partial charge < -0.3 is 15.2 Å². The van der Waals surface area contributed by atoms with Gasteiger partial charge in [0.1, 0.15) is 0 Å². The lowest BCUT2D eigenvalue weighted by Gasteiger charge is -2.27. The topological polar surface area (TPSA) is 73.9 Å². The first kappa shape index (κ1) is 16.4. The molecule has 25 heavy (non-hydrogen) atoms. The zero-order valence-corrected chi connectivity index (χ0v) is 15.5. The van der Waals surface area contributed by atoms with Crippen LogP contribution in [0.1, 0.15) is 18.2 Å². The Morgan fingerprint density at radius 1 is 1.40 bits per heavy atom. The Morgan fingerprint density at radius 2 is 2.28 bits per heavy atom. The van der Waals surface area contributed by atoms with Gasteiger partial charge in [0.25, 0.3) is 0 Å². The summed E-state index contributed by atoms with van der Waals surface area (Å²) in [5.41, 5.74) is 3.67. The van der Waals surface area contributed by atoms with Crippen LogP contribution in [0.5, 0.6) is 0 Å². The quantitative estimate of drug-likeness (QED) is 0.672. The van der Waals surface area contributed by atoms with Crippen LogP contribution in [0.2, 0.25) is 0 Å². The number of H-pyrrole nitrogens is 1. The number of rotatable bonds is 5. The Hall–Kier alpha value is -2.06. The number of benzene rings is 1. The van der Waals surface area contributed by atoms with Crippen molar-refractivity contribution in [2.45, 2.75) is 24.2 Å². The molecule has 8 heteroatoms. The van der Waals surface area contributed by atoms with E-state index in [-0.39, 0.29) is 5.91 Å². The van der Waals surface area contributed by atoms with E-state index in [0.29, 0.717) is 12.3 Å². The van der Waals surface area contributed by atoms with Gasteiger partial charge in [-0.3, -0.25) is 4.79 Å². The number of carbonyl (C=O) groups excluding carboxylic acids is 1. The van der Waals surface area contributed by atoms with Crippen LogP contribution in [0.15, 0.2) is 28.6 Å². The van der Waals surface area contributed by atoms with Gasteiger partial charge in [-0.1, -0.05) is 41.3 Å². The van der Waals surface area contributed by atoms with Crippen LogP contribution in [0, 0.1) is 0 Å². The molecule has 6 nitrogen and oxygen atoms in total. The van der Waals surface area contributed by atoms with E-state index >= 15 is 0 Å². The van der Waals surface area contributed by atoms with Crippen LogP contribution in [0.3, 0.4) is 0 Å². The minimum Gasteiger partial charge on any atom is -0.360 e. The molecule has 0 aliphatic carbocycles. The molecule has 2 N–H and O–H groups in total. The van der Waals surface area contributed by atoms with E-state index in [2.05, 4.69) is 32.6 Å². The van der Waals surface area contributed by atoms with Crippen LogP contribution >= 0.6 is 23.1 Å². The largest absolute Gasteiger partial charge is 0.360 e. The number of aromatic nitrogens is 3. The van der Waals surface area contributed by atoms with E-state index in [0.717, 1.165) is 34.5 Å². The Labute approximate surface area is 154 Å². The maximum atomic E-state index is 12.6. The summed E-state index contributed by atoms with van der Waals surface area (Å²) in [6.07, 6.45) is 0.879. The Kier molecular flexibility index (Phi) is 4.63. The highest BCUT2D eigenvalue weighted by Gasteiger charge is 2.24. The fourth-order valence-corrected chi connectivity index (χ4v) is 4.81. The zero-order valence-electron chi connectivity index (χ0n) is 13.9. The first-order valence-corrected chi connectivity index (χ1v) is 10.1. The van der Waals surface area contributed by atoms with Crippen molar-refractivity contribution in [1.29, 1.82) is 0 Å². The van der Waals surface area contributed by atoms with Crippen molar-refractivity contribution in [1.82, 2.24) is 20.1 Å². The molecule has 0 radical (unpaired) electrons. The maximum absolute atomic E-state index is 12.6. The zero-order chi connectivity index (χ0) is 17.2. The molecule has 4 rings (SSSR count). The number of hydrogen-bond acceptors (Lipinski definition) is 6. The minimum absolute atomic E-state index is 0.154. The van der Waals surface area contributed by atoms with E-state index in [1.54, 1.807) is 0 Å². The number of amides is 1.